The number of carbonyl (C=O) groups excluding carboxylic acids is 4. The van der Waals surface area contributed by atoms with E-state index in [4.69, 9.17) is 0 Å². The van der Waals surface area contributed by atoms with Gasteiger partial charge in [-0.2, -0.15) is 4.41 Å². The Labute approximate surface area is 486 Å². The molecule has 4 aliphatic rings. The fourth-order valence-corrected chi connectivity index (χ4v) is 13.2. The van der Waals surface area contributed by atoms with E-state index in [0.717, 1.165) is 90.0 Å². The predicted octanol–water partition coefficient (Wildman–Crippen LogP) is 6.46. The number of amides is 3. The van der Waals surface area contributed by atoms with Crippen molar-refractivity contribution in [3.05, 3.63) is 119 Å². The van der Waals surface area contributed by atoms with Crippen LogP contribution in [-0.4, -0.2) is 173 Å². The highest BCUT2D eigenvalue weighted by Gasteiger charge is 2.45. The number of pyridine rings is 1. The maximum absolute atomic E-state index is 16.1. The summed E-state index contributed by atoms with van der Waals surface area (Å²) in [4.78, 5) is 76.6. The number of hydrazine groups is 1. The van der Waals surface area contributed by atoms with Crippen molar-refractivity contribution < 1.29 is 51.3 Å². The molecule has 24 heteroatoms. The summed E-state index contributed by atoms with van der Waals surface area (Å²) in [7, 11) is 0. The summed E-state index contributed by atoms with van der Waals surface area (Å²) in [6.07, 6.45) is 2.90. The Kier molecular flexibility index (Phi) is 18.1. The first-order chi connectivity index (χ1) is 39.7. The number of hydrogen-bond donors (Lipinski definition) is 6. The molecule has 442 valence electrons. The number of piperidine rings is 1. The monoisotopic (exact) mass is 1180 g/mol. The van der Waals surface area contributed by atoms with E-state index >= 15 is 8.78 Å². The predicted molar refractivity (Wildman–Crippen MR) is 311 cm³/mol. The van der Waals surface area contributed by atoms with Crippen molar-refractivity contribution in [1.29, 1.82) is 0 Å². The standard InChI is InChI=1S/C59H70F3N11O8S2/c1-35(37-5-7-39(8-6-37)54-47(33-74)65-34-82-54)66-57(78)49-26-43(75)31-72(49)58(79)55(59(2,3)4)67-50(76)32-69-23-21-68(22-24-69)29-36-15-18-70(19-16-36)42-11-9-38(10-12-42)40-25-44-45(28-64-56(44)63-27-40)53(77)51-46(61)13-14-48(52(51)62)73(83(80)81)71-20-17-41(60)30-71/h5-14,25,27-28,34-36,41,43,49,55,74-75H,15-24,26,29-33H2,1-4H3,(H,63,64)(H,66,78)(H,67,76)(H,80,81)/t35-,41+,43+,49-,55+/m0/s1. The Hall–Kier alpha value is -6.64. The van der Waals surface area contributed by atoms with E-state index in [1.54, 1.807) is 17.8 Å². The number of aliphatic hydroxyl groups is 2. The second-order valence-corrected chi connectivity index (χ2v) is 24.8. The first-order valence-corrected chi connectivity index (χ1v) is 30.0. The highest BCUT2D eigenvalue weighted by molar-refractivity contribution is 7.80. The first kappa shape index (κ1) is 59.5. The van der Waals surface area contributed by atoms with Crippen LogP contribution in [0.4, 0.5) is 24.5 Å². The zero-order valence-corrected chi connectivity index (χ0v) is 48.4. The van der Waals surface area contributed by atoms with Gasteiger partial charge in [0, 0.05) is 99.9 Å². The van der Waals surface area contributed by atoms with E-state index in [-0.39, 0.29) is 63.0 Å². The number of anilines is 2. The lowest BCUT2D eigenvalue weighted by Crippen LogP contribution is -2.59. The maximum Gasteiger partial charge on any atom is 0.277 e. The van der Waals surface area contributed by atoms with Crippen LogP contribution in [0.1, 0.15) is 86.6 Å². The number of nitrogens with zero attached hydrogens (tertiary/aromatic N) is 8. The maximum atomic E-state index is 16.1. The molecule has 0 saturated carbocycles. The third kappa shape index (κ3) is 13.2. The van der Waals surface area contributed by atoms with Crippen LogP contribution in [-0.2, 0) is 32.3 Å². The van der Waals surface area contributed by atoms with Crippen molar-refractivity contribution in [2.45, 2.75) is 90.4 Å². The molecule has 7 heterocycles. The number of aromatic amines is 1. The topological polar surface area (TPSA) is 231 Å². The number of aromatic nitrogens is 3. The first-order valence-electron chi connectivity index (χ1n) is 28.1. The van der Waals surface area contributed by atoms with Crippen LogP contribution >= 0.6 is 11.3 Å². The third-order valence-corrected chi connectivity index (χ3v) is 18.1. The van der Waals surface area contributed by atoms with Gasteiger partial charge in [0.2, 0.25) is 23.5 Å². The van der Waals surface area contributed by atoms with E-state index in [9.17, 15) is 42.5 Å². The number of nitrogens with one attached hydrogen (secondary N) is 3. The number of thiazole rings is 1. The van der Waals surface area contributed by atoms with Gasteiger partial charge in [-0.15, -0.1) is 11.3 Å². The minimum absolute atomic E-state index is 0.0242. The molecule has 19 nitrogen and oxygen atoms in total. The zero-order chi connectivity index (χ0) is 58.9. The number of benzene rings is 3. The van der Waals surface area contributed by atoms with Gasteiger partial charge in [0.1, 0.15) is 35.4 Å². The quantitative estimate of drug-likeness (QED) is 0.0401. The summed E-state index contributed by atoms with van der Waals surface area (Å²) >= 11 is -1.40. The average molecular weight is 1180 g/mol. The molecule has 1 unspecified atom stereocenters. The Morgan fingerprint density at radius 2 is 1.58 bits per heavy atom. The van der Waals surface area contributed by atoms with E-state index in [2.05, 4.69) is 40.3 Å². The number of halogens is 3. The molecule has 0 spiro atoms. The number of fused-ring (bicyclic) bond motifs is 1. The Morgan fingerprint density at radius 1 is 0.880 bits per heavy atom. The van der Waals surface area contributed by atoms with Crippen molar-refractivity contribution >= 4 is 68.5 Å². The molecule has 6 atom stereocenters. The molecule has 3 amide bonds. The molecule has 10 rings (SSSR count). The van der Waals surface area contributed by atoms with Crippen molar-refractivity contribution in [2.24, 2.45) is 11.3 Å². The fraction of sp³-hybridized carbons (Fsp3) is 0.458. The van der Waals surface area contributed by atoms with Crippen molar-refractivity contribution in [3.8, 4) is 21.6 Å². The van der Waals surface area contributed by atoms with Gasteiger partial charge in [-0.25, -0.2) is 32.4 Å². The van der Waals surface area contributed by atoms with Gasteiger partial charge in [-0.1, -0.05) is 57.2 Å². The Balaban J connectivity index is 0.686. The zero-order valence-electron chi connectivity index (χ0n) is 46.8. The number of rotatable bonds is 18. The van der Waals surface area contributed by atoms with Crippen molar-refractivity contribution in [1.82, 2.24) is 45.3 Å². The van der Waals surface area contributed by atoms with E-state index in [1.807, 2.05) is 76.2 Å². The smallest absolute Gasteiger partial charge is 0.277 e. The average Bonchev–Trinajstić information content (AvgIpc) is 4.45. The van der Waals surface area contributed by atoms with Gasteiger partial charge >= 0.3 is 0 Å². The number of likely N-dealkylation sites (tertiary alicyclic amines) is 1. The minimum atomic E-state index is -2.84. The summed E-state index contributed by atoms with van der Waals surface area (Å²) in [6, 6.07) is 16.9. The van der Waals surface area contributed by atoms with Gasteiger partial charge in [0.25, 0.3) is 11.3 Å². The highest BCUT2D eigenvalue weighted by atomic mass is 32.2. The van der Waals surface area contributed by atoms with Crippen LogP contribution in [0.25, 0.3) is 32.6 Å². The molecule has 83 heavy (non-hydrogen) atoms. The lowest BCUT2D eigenvalue weighted by atomic mass is 9.85. The number of hydrogen-bond acceptors (Lipinski definition) is 14. The van der Waals surface area contributed by atoms with Gasteiger partial charge in [-0.05, 0) is 84.5 Å². The van der Waals surface area contributed by atoms with Crippen molar-refractivity contribution in [2.75, 3.05) is 81.3 Å². The molecule has 0 bridgehead atoms. The molecule has 0 radical (unpaired) electrons. The fourth-order valence-electron chi connectivity index (χ4n) is 11.8. The molecule has 3 aromatic heterocycles. The van der Waals surface area contributed by atoms with Crippen LogP contribution in [0.2, 0.25) is 0 Å². The molecule has 0 aliphatic carbocycles. The van der Waals surface area contributed by atoms with E-state index in [1.165, 1.54) is 22.4 Å². The lowest BCUT2D eigenvalue weighted by molar-refractivity contribution is -0.144. The summed E-state index contributed by atoms with van der Waals surface area (Å²) in [5.74, 6) is -4.11. The summed E-state index contributed by atoms with van der Waals surface area (Å²) in [5.41, 5.74) is 4.69. The second-order valence-electron chi connectivity index (χ2n) is 23.2. The minimum Gasteiger partial charge on any atom is -0.391 e. The Bertz CT molecular complexity index is 3350. The number of ketones is 1. The number of piperazine rings is 1. The second kappa shape index (κ2) is 25.3. The van der Waals surface area contributed by atoms with Gasteiger partial charge in [0.15, 0.2) is 5.82 Å². The van der Waals surface area contributed by atoms with Crippen LogP contribution < -0.4 is 19.9 Å². The van der Waals surface area contributed by atoms with Gasteiger partial charge < -0.3 is 40.5 Å². The number of H-pyrrole nitrogens is 1. The van der Waals surface area contributed by atoms with Crippen LogP contribution in [0.5, 0.6) is 0 Å². The van der Waals surface area contributed by atoms with Crippen LogP contribution in [0.3, 0.4) is 0 Å². The van der Waals surface area contributed by atoms with Crippen molar-refractivity contribution in [3.63, 3.8) is 0 Å². The summed E-state index contributed by atoms with van der Waals surface area (Å²) in [5, 5.41) is 27.9. The van der Waals surface area contributed by atoms with E-state index in [0.29, 0.717) is 45.7 Å². The molecular weight excluding hydrogens is 1110 g/mol. The Morgan fingerprint density at radius 3 is 2.24 bits per heavy atom. The number of aliphatic hydroxyl groups excluding tert-OH is 2. The molecule has 6 N–H and O–H groups in total. The molecular formula is C59H70F3N11O8S2. The van der Waals surface area contributed by atoms with E-state index < -0.39 is 81.7 Å². The SMILES string of the molecule is C[C@H](NC(=O)[C@@H]1C[C@@H](O)CN1C(=O)[C@@H](NC(=O)CN1CCN(CC2CCN(c3ccc(-c4cnc5[nH]cc(C(=O)c6c(F)ccc(N(N7CC[C@@H](F)C7)S(=O)O)c6F)c5c4)cc3)CC2)CC1)C(C)(C)C)c1ccc(-c2scnc2CO)cc1. The summed E-state index contributed by atoms with van der Waals surface area (Å²) < 4.78 is 68.5. The van der Waals surface area contributed by atoms with Gasteiger partial charge in [-0.3, -0.25) is 28.6 Å². The molecule has 4 aliphatic heterocycles. The highest BCUT2D eigenvalue weighted by Crippen LogP contribution is 2.35. The summed E-state index contributed by atoms with van der Waals surface area (Å²) in [6.45, 7) is 12.8. The molecule has 4 fully saturated rings. The van der Waals surface area contributed by atoms with Gasteiger partial charge in [0.05, 0.1) is 53.5 Å². The lowest BCUT2D eigenvalue weighted by Gasteiger charge is -2.39. The molecule has 4 saturated heterocycles. The molecule has 6 aromatic rings. The van der Waals surface area contributed by atoms with Crippen LogP contribution in [0, 0.1) is 23.0 Å². The molecule has 3 aromatic carbocycles. The normalized spacial score (nSPS) is 20.6. The van der Waals surface area contributed by atoms with Crippen LogP contribution in [0.15, 0.2) is 84.6 Å². The third-order valence-electron chi connectivity index (χ3n) is 16.4. The number of β-amino-alcohol motifs (C(OH)–C–C–N with tert-alkyl or cyclic N) is 1. The number of carbonyl (C=O) groups is 4. The largest absolute Gasteiger partial charge is 0.391 e. The number of alkyl halides is 1.